The lowest BCUT2D eigenvalue weighted by atomic mass is 10.0. The highest BCUT2D eigenvalue weighted by Gasteiger charge is 2.09. The van der Waals surface area contributed by atoms with Crippen LogP contribution < -0.4 is 0 Å². The van der Waals surface area contributed by atoms with E-state index in [4.69, 9.17) is 9.47 Å². The summed E-state index contributed by atoms with van der Waals surface area (Å²) in [4.78, 5) is 0. The van der Waals surface area contributed by atoms with Gasteiger partial charge in [0.25, 0.3) is 0 Å². The van der Waals surface area contributed by atoms with Gasteiger partial charge in [-0.05, 0) is 24.1 Å². The molecule has 0 unspecified atom stereocenters. The molecule has 0 spiro atoms. The molecular formula is C16H18O2. The Bertz CT molecular complexity index is 516. The van der Waals surface area contributed by atoms with E-state index in [0.717, 1.165) is 5.56 Å². The molecule has 0 fully saturated rings. The van der Waals surface area contributed by atoms with E-state index in [1.165, 1.54) is 16.7 Å². The Hall–Kier alpha value is -1.64. The maximum Gasteiger partial charge on any atom is 0.183 e. The van der Waals surface area contributed by atoms with Gasteiger partial charge < -0.3 is 9.47 Å². The fourth-order valence-corrected chi connectivity index (χ4v) is 2.06. The minimum absolute atomic E-state index is 0.310. The summed E-state index contributed by atoms with van der Waals surface area (Å²) in [6.07, 6.45) is -0.310. The smallest absolute Gasteiger partial charge is 0.183 e. The molecular weight excluding hydrogens is 224 g/mol. The second-order valence-corrected chi connectivity index (χ2v) is 4.30. The van der Waals surface area contributed by atoms with Gasteiger partial charge in [-0.25, -0.2) is 0 Å². The van der Waals surface area contributed by atoms with Crippen LogP contribution in [0.15, 0.2) is 48.5 Å². The number of hydrogen-bond donors (Lipinski definition) is 0. The Kier molecular flexibility index (Phi) is 4.13. The van der Waals surface area contributed by atoms with Gasteiger partial charge in [0.2, 0.25) is 0 Å². The fourth-order valence-electron chi connectivity index (χ4n) is 2.06. The third-order valence-corrected chi connectivity index (χ3v) is 2.94. The highest BCUT2D eigenvalue weighted by Crippen LogP contribution is 2.25. The number of hydrogen-bond acceptors (Lipinski definition) is 2. The lowest BCUT2D eigenvalue weighted by molar-refractivity contribution is -0.105. The van der Waals surface area contributed by atoms with Crippen LogP contribution in [0.25, 0.3) is 11.1 Å². The Morgan fingerprint density at radius 2 is 1.44 bits per heavy atom. The first-order chi connectivity index (χ1) is 8.74. The molecule has 94 valence electrons. The Morgan fingerprint density at radius 1 is 0.833 bits per heavy atom. The third kappa shape index (κ3) is 2.78. The largest absolute Gasteiger partial charge is 0.352 e. The van der Waals surface area contributed by atoms with Crippen molar-refractivity contribution in [3.05, 3.63) is 59.7 Å². The van der Waals surface area contributed by atoms with Gasteiger partial charge in [0.15, 0.2) is 6.29 Å². The van der Waals surface area contributed by atoms with E-state index in [-0.39, 0.29) is 6.29 Å². The average molecular weight is 242 g/mol. The van der Waals surface area contributed by atoms with E-state index in [1.54, 1.807) is 14.2 Å². The molecule has 18 heavy (non-hydrogen) atoms. The SMILES string of the molecule is COC(OC)c1cccc(-c2cccc(C)c2)c1. The van der Waals surface area contributed by atoms with Gasteiger partial charge in [-0.2, -0.15) is 0 Å². The first-order valence-corrected chi connectivity index (χ1v) is 5.97. The maximum atomic E-state index is 5.28. The molecule has 0 aliphatic heterocycles. The second kappa shape index (κ2) is 5.80. The molecule has 0 aromatic heterocycles. The van der Waals surface area contributed by atoms with Crippen LogP contribution in [0.3, 0.4) is 0 Å². The molecule has 0 saturated heterocycles. The van der Waals surface area contributed by atoms with Crippen molar-refractivity contribution in [1.29, 1.82) is 0 Å². The maximum absolute atomic E-state index is 5.28. The third-order valence-electron chi connectivity index (χ3n) is 2.94. The quantitative estimate of drug-likeness (QED) is 0.756. The highest BCUT2D eigenvalue weighted by atomic mass is 16.7. The summed E-state index contributed by atoms with van der Waals surface area (Å²) in [6.45, 7) is 2.10. The van der Waals surface area contributed by atoms with Crippen molar-refractivity contribution in [1.82, 2.24) is 0 Å². The van der Waals surface area contributed by atoms with Crippen LogP contribution in [0.2, 0.25) is 0 Å². The lowest BCUT2D eigenvalue weighted by Crippen LogP contribution is -2.03. The van der Waals surface area contributed by atoms with Gasteiger partial charge in [0.1, 0.15) is 0 Å². The summed E-state index contributed by atoms with van der Waals surface area (Å²) >= 11 is 0. The number of methoxy groups -OCH3 is 2. The van der Waals surface area contributed by atoms with Crippen LogP contribution in [0.5, 0.6) is 0 Å². The number of benzene rings is 2. The van der Waals surface area contributed by atoms with Gasteiger partial charge in [-0.3, -0.25) is 0 Å². The first kappa shape index (κ1) is 12.8. The molecule has 0 amide bonds. The van der Waals surface area contributed by atoms with E-state index >= 15 is 0 Å². The Labute approximate surface area is 108 Å². The van der Waals surface area contributed by atoms with E-state index in [9.17, 15) is 0 Å². The van der Waals surface area contributed by atoms with E-state index in [2.05, 4.69) is 43.3 Å². The molecule has 0 atom stereocenters. The van der Waals surface area contributed by atoms with Gasteiger partial charge in [0, 0.05) is 19.8 Å². The van der Waals surface area contributed by atoms with Crippen molar-refractivity contribution in [3.63, 3.8) is 0 Å². The molecule has 0 bridgehead atoms. The predicted molar refractivity (Wildman–Crippen MR) is 73.4 cm³/mol. The monoisotopic (exact) mass is 242 g/mol. The Morgan fingerprint density at radius 3 is 2.06 bits per heavy atom. The summed E-state index contributed by atoms with van der Waals surface area (Å²) < 4.78 is 10.6. The zero-order valence-corrected chi connectivity index (χ0v) is 11.0. The molecule has 0 aliphatic carbocycles. The molecule has 2 aromatic rings. The van der Waals surface area contributed by atoms with Crippen molar-refractivity contribution in [2.45, 2.75) is 13.2 Å². The molecule has 2 nitrogen and oxygen atoms in total. The fraction of sp³-hybridized carbons (Fsp3) is 0.250. The van der Waals surface area contributed by atoms with Crippen LogP contribution in [0.4, 0.5) is 0 Å². The second-order valence-electron chi connectivity index (χ2n) is 4.30. The number of aryl methyl sites for hydroxylation is 1. The molecule has 2 rings (SSSR count). The van der Waals surface area contributed by atoms with E-state index in [0.29, 0.717) is 0 Å². The van der Waals surface area contributed by atoms with Crippen molar-refractivity contribution in [3.8, 4) is 11.1 Å². The summed E-state index contributed by atoms with van der Waals surface area (Å²) in [6, 6.07) is 16.7. The predicted octanol–water partition coefficient (Wildman–Crippen LogP) is 3.95. The first-order valence-electron chi connectivity index (χ1n) is 5.97. The standard InChI is InChI=1S/C16H18O2/c1-12-6-4-7-13(10-12)14-8-5-9-15(11-14)16(17-2)18-3/h4-11,16H,1-3H3. The van der Waals surface area contributed by atoms with Crippen LogP contribution in [0.1, 0.15) is 17.4 Å². The van der Waals surface area contributed by atoms with Crippen molar-refractivity contribution < 1.29 is 9.47 Å². The average Bonchev–Trinajstić information content (AvgIpc) is 2.41. The molecule has 0 heterocycles. The molecule has 0 saturated carbocycles. The van der Waals surface area contributed by atoms with Crippen molar-refractivity contribution in [2.75, 3.05) is 14.2 Å². The minimum atomic E-state index is -0.310. The zero-order valence-electron chi connectivity index (χ0n) is 11.0. The van der Waals surface area contributed by atoms with Gasteiger partial charge >= 0.3 is 0 Å². The molecule has 0 radical (unpaired) electrons. The molecule has 0 aliphatic rings. The summed E-state index contributed by atoms with van der Waals surface area (Å²) in [7, 11) is 3.29. The van der Waals surface area contributed by atoms with Crippen LogP contribution in [0, 0.1) is 6.92 Å². The van der Waals surface area contributed by atoms with E-state index in [1.807, 2.05) is 12.1 Å². The number of ether oxygens (including phenoxy) is 2. The summed E-state index contributed by atoms with van der Waals surface area (Å²) in [5.41, 5.74) is 4.67. The van der Waals surface area contributed by atoms with Crippen LogP contribution in [-0.2, 0) is 9.47 Å². The minimum Gasteiger partial charge on any atom is -0.352 e. The highest BCUT2D eigenvalue weighted by molar-refractivity contribution is 5.64. The van der Waals surface area contributed by atoms with E-state index < -0.39 is 0 Å². The molecule has 0 N–H and O–H groups in total. The molecule has 2 aromatic carbocycles. The summed E-state index contributed by atoms with van der Waals surface area (Å²) in [5, 5.41) is 0. The molecule has 2 heteroatoms. The topological polar surface area (TPSA) is 18.5 Å². The number of rotatable bonds is 4. The van der Waals surface area contributed by atoms with Gasteiger partial charge in [0.05, 0.1) is 0 Å². The lowest BCUT2D eigenvalue weighted by Gasteiger charge is -2.14. The van der Waals surface area contributed by atoms with Crippen LogP contribution in [-0.4, -0.2) is 14.2 Å². The zero-order chi connectivity index (χ0) is 13.0. The normalized spacial score (nSPS) is 10.9. The van der Waals surface area contributed by atoms with Crippen LogP contribution >= 0.6 is 0 Å². The van der Waals surface area contributed by atoms with Crippen molar-refractivity contribution >= 4 is 0 Å². The van der Waals surface area contributed by atoms with Gasteiger partial charge in [-0.1, -0.05) is 48.0 Å². The Balaban J connectivity index is 2.38. The summed E-state index contributed by atoms with van der Waals surface area (Å²) in [5.74, 6) is 0. The van der Waals surface area contributed by atoms with Gasteiger partial charge in [-0.15, -0.1) is 0 Å². The van der Waals surface area contributed by atoms with Crippen molar-refractivity contribution in [2.24, 2.45) is 0 Å².